The third-order valence-electron chi connectivity index (χ3n) is 2.97. The van der Waals surface area contributed by atoms with Gasteiger partial charge in [-0.3, -0.25) is 9.69 Å². The fraction of sp³-hybridized carbons (Fsp3) is 0.667. The lowest BCUT2D eigenvalue weighted by molar-refractivity contribution is -0.139. The topological polar surface area (TPSA) is 72.6 Å². The number of ether oxygens (including phenoxy) is 1. The summed E-state index contributed by atoms with van der Waals surface area (Å²) >= 11 is 0. The van der Waals surface area contributed by atoms with Gasteiger partial charge in [-0.2, -0.15) is 0 Å². The molecule has 0 atom stereocenters. The second-order valence-electron chi connectivity index (χ2n) is 4.28. The van der Waals surface area contributed by atoms with Crippen LogP contribution in [-0.4, -0.2) is 43.0 Å². The van der Waals surface area contributed by atoms with E-state index in [-0.39, 0.29) is 17.8 Å². The van der Waals surface area contributed by atoms with Gasteiger partial charge in [-0.25, -0.2) is 4.79 Å². The fourth-order valence-electron chi connectivity index (χ4n) is 1.94. The highest BCUT2D eigenvalue weighted by Crippen LogP contribution is 2.17. The molecule has 17 heavy (non-hydrogen) atoms. The third kappa shape index (κ3) is 4.19. The fourth-order valence-corrected chi connectivity index (χ4v) is 1.94. The van der Waals surface area contributed by atoms with Gasteiger partial charge in [0.2, 0.25) is 5.91 Å². The smallest absolute Gasteiger partial charge is 0.334 e. The van der Waals surface area contributed by atoms with E-state index in [4.69, 9.17) is 10.5 Å². The molecule has 0 aliphatic carbocycles. The van der Waals surface area contributed by atoms with Crippen LogP contribution in [0.25, 0.3) is 0 Å². The number of rotatable bonds is 5. The van der Waals surface area contributed by atoms with Crippen molar-refractivity contribution in [2.24, 2.45) is 11.7 Å². The zero-order chi connectivity index (χ0) is 12.8. The summed E-state index contributed by atoms with van der Waals surface area (Å²) in [7, 11) is 0. The van der Waals surface area contributed by atoms with E-state index in [1.54, 1.807) is 6.92 Å². The van der Waals surface area contributed by atoms with Crippen LogP contribution >= 0.6 is 0 Å². The van der Waals surface area contributed by atoms with Gasteiger partial charge in [0.05, 0.1) is 6.61 Å². The lowest BCUT2D eigenvalue weighted by atomic mass is 9.96. The second-order valence-corrected chi connectivity index (χ2v) is 4.28. The Balaban J connectivity index is 2.33. The number of hydrogen-bond donors (Lipinski definition) is 1. The van der Waals surface area contributed by atoms with Gasteiger partial charge in [0.15, 0.2) is 0 Å². The summed E-state index contributed by atoms with van der Waals surface area (Å²) in [6, 6.07) is 0. The van der Waals surface area contributed by atoms with Crippen molar-refractivity contribution in [3.63, 3.8) is 0 Å². The number of carbonyl (C=O) groups is 2. The van der Waals surface area contributed by atoms with E-state index in [1.807, 2.05) is 0 Å². The van der Waals surface area contributed by atoms with Gasteiger partial charge >= 0.3 is 5.97 Å². The molecule has 1 heterocycles. The molecule has 0 unspecified atom stereocenters. The molecular weight excluding hydrogens is 220 g/mol. The first-order chi connectivity index (χ1) is 8.04. The molecule has 96 valence electrons. The highest BCUT2D eigenvalue weighted by atomic mass is 16.5. The summed E-state index contributed by atoms with van der Waals surface area (Å²) in [5.74, 6) is -0.597. The SMILES string of the molecule is C=C(CN1CCC(C(N)=O)CC1)C(=O)OCC. The number of amides is 1. The Labute approximate surface area is 102 Å². The maximum atomic E-state index is 11.4. The van der Waals surface area contributed by atoms with Crippen LogP contribution < -0.4 is 5.73 Å². The quantitative estimate of drug-likeness (QED) is 0.554. The monoisotopic (exact) mass is 240 g/mol. The number of nitrogens with two attached hydrogens (primary N) is 1. The predicted molar refractivity (Wildman–Crippen MR) is 64.1 cm³/mol. The van der Waals surface area contributed by atoms with Crippen molar-refractivity contribution in [1.29, 1.82) is 0 Å². The van der Waals surface area contributed by atoms with Gasteiger partial charge < -0.3 is 10.5 Å². The van der Waals surface area contributed by atoms with Gasteiger partial charge in [0.25, 0.3) is 0 Å². The number of likely N-dealkylation sites (tertiary alicyclic amines) is 1. The number of esters is 1. The maximum Gasteiger partial charge on any atom is 0.334 e. The number of carbonyl (C=O) groups excluding carboxylic acids is 2. The standard InChI is InChI=1S/C12H20N2O3/c1-3-17-12(16)9(2)8-14-6-4-10(5-7-14)11(13)15/h10H,2-8H2,1H3,(H2,13,15). The van der Waals surface area contributed by atoms with Crippen molar-refractivity contribution in [3.8, 4) is 0 Å². The molecule has 0 spiro atoms. The molecule has 0 aromatic heterocycles. The van der Waals surface area contributed by atoms with E-state index in [2.05, 4.69) is 11.5 Å². The molecule has 0 radical (unpaired) electrons. The van der Waals surface area contributed by atoms with Crippen LogP contribution in [0.15, 0.2) is 12.2 Å². The maximum absolute atomic E-state index is 11.4. The zero-order valence-corrected chi connectivity index (χ0v) is 10.3. The first-order valence-corrected chi connectivity index (χ1v) is 5.91. The van der Waals surface area contributed by atoms with Crippen LogP contribution in [0.3, 0.4) is 0 Å². The Morgan fingerprint density at radius 1 is 1.41 bits per heavy atom. The van der Waals surface area contributed by atoms with E-state index in [0.717, 1.165) is 25.9 Å². The number of hydrogen-bond acceptors (Lipinski definition) is 4. The highest BCUT2D eigenvalue weighted by Gasteiger charge is 2.24. The van der Waals surface area contributed by atoms with Crippen molar-refractivity contribution in [2.75, 3.05) is 26.2 Å². The summed E-state index contributed by atoms with van der Waals surface area (Å²) in [6.45, 7) is 7.89. The molecule has 1 amide bonds. The third-order valence-corrected chi connectivity index (χ3v) is 2.97. The van der Waals surface area contributed by atoms with Crippen molar-refractivity contribution in [1.82, 2.24) is 4.90 Å². The van der Waals surface area contributed by atoms with Gasteiger partial charge in [-0.1, -0.05) is 6.58 Å². The number of primary amides is 1. The van der Waals surface area contributed by atoms with Gasteiger partial charge in [-0.15, -0.1) is 0 Å². The Morgan fingerprint density at radius 2 is 2.00 bits per heavy atom. The van der Waals surface area contributed by atoms with E-state index in [0.29, 0.717) is 18.7 Å². The second kappa shape index (κ2) is 6.39. The molecule has 1 saturated heterocycles. The van der Waals surface area contributed by atoms with Crippen LogP contribution in [0.5, 0.6) is 0 Å². The van der Waals surface area contributed by atoms with Crippen molar-refractivity contribution in [2.45, 2.75) is 19.8 Å². The summed E-state index contributed by atoms with van der Waals surface area (Å²) in [4.78, 5) is 24.5. The lowest BCUT2D eigenvalue weighted by Crippen LogP contribution is -2.40. The lowest BCUT2D eigenvalue weighted by Gasteiger charge is -2.30. The molecule has 1 aliphatic heterocycles. The molecule has 1 rings (SSSR count). The zero-order valence-electron chi connectivity index (χ0n) is 10.3. The Kier molecular flexibility index (Phi) is 5.15. The average molecular weight is 240 g/mol. The van der Waals surface area contributed by atoms with Crippen molar-refractivity contribution in [3.05, 3.63) is 12.2 Å². The Bertz CT molecular complexity index is 307. The minimum atomic E-state index is -0.343. The molecular formula is C12H20N2O3. The molecule has 5 nitrogen and oxygen atoms in total. The summed E-state index contributed by atoms with van der Waals surface area (Å²) in [5, 5.41) is 0. The van der Waals surface area contributed by atoms with E-state index in [9.17, 15) is 9.59 Å². The molecule has 5 heteroatoms. The molecule has 1 aliphatic rings. The number of piperidine rings is 1. The van der Waals surface area contributed by atoms with Crippen LogP contribution in [-0.2, 0) is 14.3 Å². The van der Waals surface area contributed by atoms with Gasteiger partial charge in [0, 0.05) is 18.0 Å². The molecule has 0 aromatic carbocycles. The normalized spacial score (nSPS) is 17.7. The average Bonchev–Trinajstić information content (AvgIpc) is 2.30. The Hall–Kier alpha value is -1.36. The van der Waals surface area contributed by atoms with Crippen LogP contribution in [0.4, 0.5) is 0 Å². The van der Waals surface area contributed by atoms with Crippen molar-refractivity contribution < 1.29 is 14.3 Å². The minimum absolute atomic E-state index is 0.0258. The van der Waals surface area contributed by atoms with Gasteiger partial charge in [-0.05, 0) is 32.9 Å². The highest BCUT2D eigenvalue weighted by molar-refractivity contribution is 5.88. The summed E-state index contributed by atoms with van der Waals surface area (Å²) in [6.07, 6.45) is 1.51. The van der Waals surface area contributed by atoms with E-state index < -0.39 is 0 Å². The molecule has 0 aromatic rings. The molecule has 1 fully saturated rings. The molecule has 2 N–H and O–H groups in total. The van der Waals surface area contributed by atoms with E-state index in [1.165, 1.54) is 0 Å². The van der Waals surface area contributed by atoms with Crippen LogP contribution in [0, 0.1) is 5.92 Å². The first-order valence-electron chi connectivity index (χ1n) is 5.91. The first kappa shape index (κ1) is 13.7. The molecule has 0 bridgehead atoms. The molecule has 0 saturated carbocycles. The predicted octanol–water partition coefficient (Wildman–Crippen LogP) is 0.303. The Morgan fingerprint density at radius 3 is 2.47 bits per heavy atom. The summed E-state index contributed by atoms with van der Waals surface area (Å²) in [5.41, 5.74) is 5.71. The van der Waals surface area contributed by atoms with Crippen LogP contribution in [0.2, 0.25) is 0 Å². The minimum Gasteiger partial charge on any atom is -0.463 e. The van der Waals surface area contributed by atoms with Crippen molar-refractivity contribution >= 4 is 11.9 Å². The van der Waals surface area contributed by atoms with Crippen LogP contribution in [0.1, 0.15) is 19.8 Å². The summed E-state index contributed by atoms with van der Waals surface area (Å²) < 4.78 is 4.87. The number of nitrogens with zero attached hydrogens (tertiary/aromatic N) is 1. The van der Waals surface area contributed by atoms with Gasteiger partial charge in [0.1, 0.15) is 0 Å². The van der Waals surface area contributed by atoms with E-state index >= 15 is 0 Å². The largest absolute Gasteiger partial charge is 0.463 e.